The molecule has 1 aromatic heterocycles. The Bertz CT molecular complexity index is 776. The van der Waals surface area contributed by atoms with Gasteiger partial charge in [-0.3, -0.25) is 0 Å². The van der Waals surface area contributed by atoms with Crippen LogP contribution in [-0.4, -0.2) is 23.1 Å². The van der Waals surface area contributed by atoms with Crippen LogP contribution < -0.4 is 4.74 Å². The molecule has 0 unspecified atom stereocenters. The Kier molecular flexibility index (Phi) is 5.04. The number of aromatic nitrogens is 2. The Balaban J connectivity index is 2.74. The SMILES string of the molecule is COc1c(SC)c(C#N)nn1-c1c(Cl)cc(C(F)(F)F)cc1Cl. The summed E-state index contributed by atoms with van der Waals surface area (Å²) < 4.78 is 44.7. The first-order valence-corrected chi connectivity index (χ1v) is 7.90. The third kappa shape index (κ3) is 3.22. The lowest BCUT2D eigenvalue weighted by Gasteiger charge is -2.14. The lowest BCUT2D eigenvalue weighted by Crippen LogP contribution is -2.08. The molecule has 2 aromatic rings. The number of alkyl halides is 3. The van der Waals surface area contributed by atoms with E-state index in [0.29, 0.717) is 4.90 Å². The zero-order valence-corrected chi connectivity index (χ0v) is 14.0. The molecule has 0 saturated carbocycles. The molecule has 1 aromatic carbocycles. The Morgan fingerprint density at radius 3 is 2.26 bits per heavy atom. The Morgan fingerprint density at radius 2 is 1.87 bits per heavy atom. The van der Waals surface area contributed by atoms with E-state index in [-0.39, 0.29) is 27.3 Å². The van der Waals surface area contributed by atoms with Crippen LogP contribution in [0.2, 0.25) is 10.0 Å². The molecule has 0 N–H and O–H groups in total. The molecule has 0 spiro atoms. The van der Waals surface area contributed by atoms with E-state index in [1.807, 2.05) is 6.07 Å². The molecular weight excluding hydrogens is 374 g/mol. The molecule has 0 saturated heterocycles. The van der Waals surface area contributed by atoms with E-state index in [9.17, 15) is 13.2 Å². The minimum Gasteiger partial charge on any atom is -0.480 e. The standard InChI is InChI=1S/C13H8Cl2F3N3OS/c1-22-12-11(23-2)9(5-19)20-21(12)10-7(14)3-6(4-8(10)15)13(16,17)18/h3-4H,1-2H3. The van der Waals surface area contributed by atoms with Gasteiger partial charge in [-0.25, -0.2) is 0 Å². The molecule has 0 fully saturated rings. The number of rotatable bonds is 3. The summed E-state index contributed by atoms with van der Waals surface area (Å²) in [5.41, 5.74) is -0.913. The predicted molar refractivity (Wildman–Crippen MR) is 81.6 cm³/mol. The van der Waals surface area contributed by atoms with Crippen LogP contribution in [0.3, 0.4) is 0 Å². The van der Waals surface area contributed by atoms with Crippen molar-refractivity contribution >= 4 is 35.0 Å². The second-order valence-corrected chi connectivity index (χ2v) is 5.83. The van der Waals surface area contributed by atoms with Crippen LogP contribution in [0.1, 0.15) is 11.3 Å². The maximum Gasteiger partial charge on any atom is 0.416 e. The van der Waals surface area contributed by atoms with Crippen LogP contribution in [0.4, 0.5) is 13.2 Å². The van der Waals surface area contributed by atoms with Gasteiger partial charge >= 0.3 is 6.18 Å². The average Bonchev–Trinajstić information content (AvgIpc) is 2.82. The molecule has 10 heteroatoms. The van der Waals surface area contributed by atoms with Crippen molar-refractivity contribution < 1.29 is 17.9 Å². The van der Waals surface area contributed by atoms with Crippen molar-refractivity contribution in [2.75, 3.05) is 13.4 Å². The monoisotopic (exact) mass is 381 g/mol. The summed E-state index contributed by atoms with van der Waals surface area (Å²) >= 11 is 13.1. The summed E-state index contributed by atoms with van der Waals surface area (Å²) in [6.45, 7) is 0. The van der Waals surface area contributed by atoms with Crippen molar-refractivity contribution in [2.24, 2.45) is 0 Å². The highest BCUT2D eigenvalue weighted by Gasteiger charge is 2.33. The third-order valence-corrected chi connectivity index (χ3v) is 4.21. The molecule has 23 heavy (non-hydrogen) atoms. The summed E-state index contributed by atoms with van der Waals surface area (Å²) in [6, 6.07) is 3.38. The zero-order valence-electron chi connectivity index (χ0n) is 11.7. The Labute approximate surface area is 143 Å². The summed E-state index contributed by atoms with van der Waals surface area (Å²) in [6.07, 6.45) is -2.87. The first kappa shape index (κ1) is 17.8. The van der Waals surface area contributed by atoms with E-state index < -0.39 is 11.7 Å². The van der Waals surface area contributed by atoms with Crippen molar-refractivity contribution in [3.63, 3.8) is 0 Å². The van der Waals surface area contributed by atoms with Crippen molar-refractivity contribution in [2.45, 2.75) is 11.1 Å². The lowest BCUT2D eigenvalue weighted by atomic mass is 10.2. The minimum atomic E-state index is -4.58. The van der Waals surface area contributed by atoms with Crippen LogP contribution in [-0.2, 0) is 6.18 Å². The third-order valence-electron chi connectivity index (χ3n) is 2.86. The van der Waals surface area contributed by atoms with Gasteiger partial charge < -0.3 is 4.74 Å². The number of halogens is 5. The highest BCUT2D eigenvalue weighted by atomic mass is 35.5. The van der Waals surface area contributed by atoms with Gasteiger partial charge in [0.15, 0.2) is 5.69 Å². The number of methoxy groups -OCH3 is 1. The highest BCUT2D eigenvalue weighted by molar-refractivity contribution is 7.98. The number of hydrogen-bond donors (Lipinski definition) is 0. The number of thioether (sulfide) groups is 1. The predicted octanol–water partition coefficient (Wildman–Crippen LogP) is 4.80. The first-order valence-electron chi connectivity index (χ1n) is 5.92. The molecule has 0 bridgehead atoms. The quantitative estimate of drug-likeness (QED) is 0.716. The molecular formula is C13H8Cl2F3N3OS. The maximum atomic E-state index is 12.8. The average molecular weight is 382 g/mol. The number of nitriles is 1. The van der Waals surface area contributed by atoms with Crippen molar-refractivity contribution in [3.05, 3.63) is 33.4 Å². The van der Waals surface area contributed by atoms with E-state index in [2.05, 4.69) is 5.10 Å². The second kappa shape index (κ2) is 6.51. The van der Waals surface area contributed by atoms with Gasteiger partial charge in [0.05, 0.1) is 22.7 Å². The number of nitrogens with zero attached hydrogens (tertiary/aromatic N) is 3. The molecule has 2 rings (SSSR count). The van der Waals surface area contributed by atoms with Crippen LogP contribution in [0.15, 0.2) is 17.0 Å². The minimum absolute atomic E-state index is 0.00924. The first-order chi connectivity index (χ1) is 10.7. The van der Waals surface area contributed by atoms with Crippen LogP contribution >= 0.6 is 35.0 Å². The van der Waals surface area contributed by atoms with E-state index in [4.69, 9.17) is 33.2 Å². The molecule has 0 aliphatic carbocycles. The van der Waals surface area contributed by atoms with Crippen molar-refractivity contribution in [3.8, 4) is 17.6 Å². The van der Waals surface area contributed by atoms with Gasteiger partial charge in [0.1, 0.15) is 16.7 Å². The van der Waals surface area contributed by atoms with Gasteiger partial charge in [0.25, 0.3) is 0 Å². The summed E-state index contributed by atoms with van der Waals surface area (Å²) in [7, 11) is 1.35. The highest BCUT2D eigenvalue weighted by Crippen LogP contribution is 2.41. The number of ether oxygens (including phenoxy) is 1. The molecule has 4 nitrogen and oxygen atoms in total. The summed E-state index contributed by atoms with van der Waals surface area (Å²) in [4.78, 5) is 0.432. The second-order valence-electron chi connectivity index (χ2n) is 4.20. The maximum absolute atomic E-state index is 12.8. The van der Waals surface area contributed by atoms with Crippen LogP contribution in [0, 0.1) is 11.3 Å². The Morgan fingerprint density at radius 1 is 1.30 bits per heavy atom. The van der Waals surface area contributed by atoms with Gasteiger partial charge in [-0.2, -0.15) is 28.2 Å². The smallest absolute Gasteiger partial charge is 0.416 e. The number of benzene rings is 1. The van der Waals surface area contributed by atoms with E-state index in [1.165, 1.54) is 18.9 Å². The van der Waals surface area contributed by atoms with Crippen LogP contribution in [0.5, 0.6) is 5.88 Å². The van der Waals surface area contributed by atoms with Gasteiger partial charge in [-0.05, 0) is 18.4 Å². The topological polar surface area (TPSA) is 50.8 Å². The molecule has 0 amide bonds. The van der Waals surface area contributed by atoms with Gasteiger partial charge in [0, 0.05) is 0 Å². The lowest BCUT2D eigenvalue weighted by molar-refractivity contribution is -0.137. The molecule has 122 valence electrons. The normalized spacial score (nSPS) is 11.4. The fourth-order valence-corrected chi connectivity index (χ4v) is 3.18. The van der Waals surface area contributed by atoms with Crippen LogP contribution in [0.25, 0.3) is 5.69 Å². The summed E-state index contributed by atoms with van der Waals surface area (Å²) in [5.74, 6) is 0.164. The summed E-state index contributed by atoms with van der Waals surface area (Å²) in [5, 5.41) is 12.6. The Hall–Kier alpha value is -1.56. The number of hydrogen-bond acceptors (Lipinski definition) is 4. The van der Waals surface area contributed by atoms with Gasteiger partial charge in [0.2, 0.25) is 5.88 Å². The molecule has 0 aliphatic rings. The largest absolute Gasteiger partial charge is 0.480 e. The van der Waals surface area contributed by atoms with E-state index in [0.717, 1.165) is 16.8 Å². The van der Waals surface area contributed by atoms with Crippen molar-refractivity contribution in [1.29, 1.82) is 5.26 Å². The van der Waals surface area contributed by atoms with Gasteiger partial charge in [-0.15, -0.1) is 11.8 Å². The molecule has 0 atom stereocenters. The molecule has 0 radical (unpaired) electrons. The van der Waals surface area contributed by atoms with E-state index in [1.54, 1.807) is 6.26 Å². The fourth-order valence-electron chi connectivity index (χ4n) is 1.91. The van der Waals surface area contributed by atoms with Crippen molar-refractivity contribution in [1.82, 2.24) is 9.78 Å². The molecule has 0 aliphatic heterocycles. The molecule has 1 heterocycles. The fraction of sp³-hybridized carbons (Fsp3) is 0.231. The zero-order chi connectivity index (χ0) is 17.4. The van der Waals surface area contributed by atoms with Gasteiger partial charge in [-0.1, -0.05) is 23.2 Å². The van der Waals surface area contributed by atoms with E-state index >= 15 is 0 Å².